The van der Waals surface area contributed by atoms with Crippen LogP contribution in [-0.2, 0) is 47.7 Å². The van der Waals surface area contributed by atoms with Crippen LogP contribution in [0.25, 0.3) is 0 Å². The van der Waals surface area contributed by atoms with Gasteiger partial charge in [0.2, 0.25) is 17.7 Å². The summed E-state index contributed by atoms with van der Waals surface area (Å²) in [6.45, 7) is 11.6. The van der Waals surface area contributed by atoms with E-state index in [0.29, 0.717) is 13.1 Å². The smallest absolute Gasteiger partial charge is 0.310 e. The third kappa shape index (κ3) is 33.2. The molecule has 4 aliphatic rings. The number of amides is 3. The van der Waals surface area contributed by atoms with Crippen molar-refractivity contribution in [3.05, 3.63) is 219 Å². The number of rotatable bonds is 5. The molecule has 0 bridgehead atoms. The molecule has 0 radical (unpaired) electrons. The van der Waals surface area contributed by atoms with Crippen LogP contribution in [0.2, 0.25) is 0 Å². The molecule has 3 amide bonds. The van der Waals surface area contributed by atoms with Gasteiger partial charge >= 0.3 is 11.9 Å². The number of hydrogen-bond donors (Lipinski definition) is 10. The lowest BCUT2D eigenvalue weighted by atomic mass is 9.96. The summed E-state index contributed by atoms with van der Waals surface area (Å²) in [5.74, 6) is -1.54. The highest BCUT2D eigenvalue weighted by molar-refractivity contribution is 5.88. The molecule has 4 heterocycles. The highest BCUT2D eigenvalue weighted by Gasteiger charge is 2.43. The topological polar surface area (TPSA) is 315 Å². The first-order chi connectivity index (χ1) is 40.9. The Morgan fingerprint density at radius 3 is 1.21 bits per heavy atom. The van der Waals surface area contributed by atoms with E-state index in [-0.39, 0.29) is 36.9 Å². The van der Waals surface area contributed by atoms with Crippen LogP contribution in [0.15, 0.2) is 219 Å². The van der Waals surface area contributed by atoms with Gasteiger partial charge in [-0.3, -0.25) is 24.0 Å². The minimum absolute atomic E-state index is 0.133. The Balaban J connectivity index is 0.000000528. The molecule has 14 atom stereocenters. The molecule has 4 rings (SSSR count). The number of nitrogens with two attached hydrogens (primary N) is 1. The fraction of sp³-hybridized carbons (Fsp3) is 0.379. The van der Waals surface area contributed by atoms with E-state index >= 15 is 0 Å². The van der Waals surface area contributed by atoms with E-state index in [0.717, 1.165) is 0 Å². The Labute approximate surface area is 505 Å². The van der Waals surface area contributed by atoms with Crippen LogP contribution in [0.1, 0.15) is 48.5 Å². The number of carbonyl (C=O) groups is 5. The van der Waals surface area contributed by atoms with E-state index in [2.05, 4.69) is 20.7 Å². The van der Waals surface area contributed by atoms with Crippen LogP contribution in [0.5, 0.6) is 0 Å². The molecule has 2 fully saturated rings. The van der Waals surface area contributed by atoms with Crippen molar-refractivity contribution < 1.29 is 78.3 Å². The van der Waals surface area contributed by atoms with Gasteiger partial charge in [-0.1, -0.05) is 220 Å². The lowest BCUT2D eigenvalue weighted by Gasteiger charge is -2.41. The fourth-order valence-corrected chi connectivity index (χ4v) is 7.38. The van der Waals surface area contributed by atoms with Crippen LogP contribution in [-0.4, -0.2) is 159 Å². The summed E-state index contributed by atoms with van der Waals surface area (Å²) >= 11 is 0. The molecule has 0 saturated carbocycles. The predicted molar refractivity (Wildman–Crippen MR) is 331 cm³/mol. The summed E-state index contributed by atoms with van der Waals surface area (Å²) in [6.07, 6.45) is 54.5. The minimum atomic E-state index is -1.53. The number of nitrogens with one attached hydrogen (secondary N) is 3. The number of allylic oxidation sites excluding steroid dienone is 28. The summed E-state index contributed by atoms with van der Waals surface area (Å²) < 4.78 is 27.1. The maximum absolute atomic E-state index is 12.0. The van der Waals surface area contributed by atoms with Gasteiger partial charge in [-0.25, -0.2) is 0 Å². The Bertz CT molecular complexity index is 2670. The second-order valence-electron chi connectivity index (χ2n) is 20.2. The van der Waals surface area contributed by atoms with E-state index in [1.807, 2.05) is 98.9 Å². The molecule has 0 aromatic carbocycles. The number of carbonyl (C=O) groups excluding carboxylic acids is 5. The SMILES string of the molecule is CC(=O)NC1C(OC2\C=C/C=C\C=C/C=C\C=C/C(C)CNC(=O)/C=C/C=C\C=C/C=C/C2(C)O)OCC(O)C1O.CC(=O)OC(C)=O.CC1\C=C/C=C\C=C/C=C\C=C/C(OC2OCC(O)C(O)C2N)C(C)(O)/C=C/C=C\C=C/C=C/C(=O)NC1. The van der Waals surface area contributed by atoms with Crippen LogP contribution in [0.4, 0.5) is 0 Å². The average molecular weight is 1190 g/mol. The first-order valence-corrected chi connectivity index (χ1v) is 28.0. The van der Waals surface area contributed by atoms with Gasteiger partial charge in [-0.05, 0) is 25.7 Å². The number of hydrogen-bond acceptors (Lipinski definition) is 17. The molecule has 20 heteroatoms. The lowest BCUT2D eigenvalue weighted by Crippen LogP contribution is -2.62. The first kappa shape index (κ1) is 74.5. The number of aliphatic hydroxyl groups is 6. The van der Waals surface area contributed by atoms with E-state index in [1.54, 1.807) is 135 Å². The molecule has 11 N–H and O–H groups in total. The van der Waals surface area contributed by atoms with Crippen molar-refractivity contribution in [2.24, 2.45) is 17.6 Å². The molecule has 86 heavy (non-hydrogen) atoms. The third-order valence-electron chi connectivity index (χ3n) is 12.1. The minimum Gasteiger partial charge on any atom is -0.394 e. The summed E-state index contributed by atoms with van der Waals surface area (Å²) in [7, 11) is 0. The third-order valence-corrected chi connectivity index (χ3v) is 12.1. The van der Waals surface area contributed by atoms with Crippen LogP contribution in [0.3, 0.4) is 0 Å². The zero-order chi connectivity index (χ0) is 63.8. The average Bonchev–Trinajstić information content (AvgIpc) is 3.63. The molecule has 0 aliphatic carbocycles. The largest absolute Gasteiger partial charge is 0.394 e. The first-order valence-electron chi connectivity index (χ1n) is 28.0. The summed E-state index contributed by atoms with van der Waals surface area (Å²) in [5.41, 5.74) is 3.01. The maximum Gasteiger partial charge on any atom is 0.310 e. The molecular weight excluding hydrogens is 1100 g/mol. The second kappa shape index (κ2) is 42.3. The number of ether oxygens (including phenoxy) is 5. The molecular formula is C66H88N4O16. The molecule has 0 aromatic rings. The van der Waals surface area contributed by atoms with E-state index < -0.39 is 90.3 Å². The Kier molecular flexibility index (Phi) is 36.6. The maximum atomic E-state index is 12.0. The quantitative estimate of drug-likeness (QED) is 0.130. The van der Waals surface area contributed by atoms with Crippen molar-refractivity contribution in [3.63, 3.8) is 0 Å². The predicted octanol–water partition coefficient (Wildman–Crippen LogP) is 4.87. The molecule has 0 aromatic heterocycles. The lowest BCUT2D eigenvalue weighted by molar-refractivity contribution is -0.255. The van der Waals surface area contributed by atoms with E-state index in [4.69, 9.17) is 24.7 Å². The Morgan fingerprint density at radius 2 is 0.837 bits per heavy atom. The van der Waals surface area contributed by atoms with Gasteiger partial charge in [0, 0.05) is 46.0 Å². The van der Waals surface area contributed by atoms with Gasteiger partial charge in [-0.2, -0.15) is 0 Å². The van der Waals surface area contributed by atoms with Crippen molar-refractivity contribution >= 4 is 29.7 Å². The van der Waals surface area contributed by atoms with Crippen molar-refractivity contribution in [3.8, 4) is 0 Å². The molecule has 2 saturated heterocycles. The van der Waals surface area contributed by atoms with Crippen molar-refractivity contribution in [2.45, 2.75) is 121 Å². The molecule has 0 spiro atoms. The van der Waals surface area contributed by atoms with Gasteiger partial charge < -0.3 is 76.0 Å². The highest BCUT2D eigenvalue weighted by atomic mass is 16.7. The summed E-state index contributed by atoms with van der Waals surface area (Å²) in [4.78, 5) is 55.3. The molecule has 14 unspecified atom stereocenters. The zero-order valence-corrected chi connectivity index (χ0v) is 49.9. The fourth-order valence-electron chi connectivity index (χ4n) is 7.38. The van der Waals surface area contributed by atoms with Gasteiger partial charge in [0.15, 0.2) is 12.6 Å². The number of aliphatic hydroxyl groups excluding tert-OH is 4. The monoisotopic (exact) mass is 1190 g/mol. The Morgan fingerprint density at radius 1 is 0.512 bits per heavy atom. The van der Waals surface area contributed by atoms with E-state index in [9.17, 15) is 54.6 Å². The molecule has 468 valence electrons. The van der Waals surface area contributed by atoms with Crippen LogP contribution >= 0.6 is 0 Å². The van der Waals surface area contributed by atoms with Crippen LogP contribution in [0, 0.1) is 11.8 Å². The Hall–Kier alpha value is -7.57. The highest BCUT2D eigenvalue weighted by Crippen LogP contribution is 2.26. The zero-order valence-electron chi connectivity index (χ0n) is 49.9. The molecule has 4 aliphatic heterocycles. The summed E-state index contributed by atoms with van der Waals surface area (Å²) in [5, 5.41) is 71.1. The standard InChI is InChI=1S/C32H42N2O7.C30H40N2O6.C4H6O3/c1-24-18-14-10-6-4-5-7-11-15-19-27(41-31-29(34-25(2)35)30(38)26(36)23-40-31)32(3,39)21-17-13-9-8-12-16-20-28(37)33-22-24;1-23-17-13-9-5-3-4-6-10-14-18-25(38-29-27(31)28(35)24(33)22-37-29)30(2,36)20-16-12-8-7-11-15-19-26(34)32-21-23;1-3(5)7-4(2)6/h4-21,24,26-27,29-31,36,38-39H,22-23H2,1-3H3,(H,33,37)(H,34,35);3-20,23-25,27-29,33,35-36H,21-22,31H2,1-2H3,(H,32,34);1-2H3/b5-4-,10-6-,11-7-,12-8-,13-9-,18-14-,19-15-,20-16+,21-17+;4-3-,9-5-,10-6-,11-7-,12-8-,17-13-,18-14-,19-15+,20-16+;. The number of esters is 2. The van der Waals surface area contributed by atoms with Gasteiger partial charge in [-0.15, -0.1) is 0 Å². The second-order valence-corrected chi connectivity index (χ2v) is 20.2. The van der Waals surface area contributed by atoms with Gasteiger partial charge in [0.1, 0.15) is 53.9 Å². The normalized spacial score (nSPS) is 37.5. The van der Waals surface area contributed by atoms with E-state index in [1.165, 1.54) is 32.9 Å². The van der Waals surface area contributed by atoms with Gasteiger partial charge in [0.25, 0.3) is 0 Å². The van der Waals surface area contributed by atoms with Crippen molar-refractivity contribution in [1.82, 2.24) is 16.0 Å². The van der Waals surface area contributed by atoms with Crippen molar-refractivity contribution in [2.75, 3.05) is 26.3 Å². The van der Waals surface area contributed by atoms with Crippen molar-refractivity contribution in [1.29, 1.82) is 0 Å². The van der Waals surface area contributed by atoms with Crippen LogP contribution < -0.4 is 21.7 Å². The van der Waals surface area contributed by atoms with Gasteiger partial charge in [0.05, 0.1) is 19.3 Å². The molecule has 20 nitrogen and oxygen atoms in total. The summed E-state index contributed by atoms with van der Waals surface area (Å²) in [6, 6.07) is -2.04.